The second kappa shape index (κ2) is 7.18. The summed E-state index contributed by atoms with van der Waals surface area (Å²) >= 11 is 0. The molecule has 0 aromatic heterocycles. The zero-order chi connectivity index (χ0) is 7.98. The van der Waals surface area contributed by atoms with Gasteiger partial charge in [0.15, 0.2) is 0 Å². The lowest BCUT2D eigenvalue weighted by atomic mass is 10.2. The van der Waals surface area contributed by atoms with E-state index in [4.69, 9.17) is 10.6 Å². The summed E-state index contributed by atoms with van der Waals surface area (Å²) in [7, 11) is 0. The van der Waals surface area contributed by atoms with Crippen molar-refractivity contribution in [2.45, 2.75) is 25.8 Å². The van der Waals surface area contributed by atoms with Crippen LogP contribution in [-0.2, 0) is 4.79 Å². The molecular formula is C5H10ClN3O2. The van der Waals surface area contributed by atoms with Crippen LogP contribution in [0.3, 0.4) is 0 Å². The summed E-state index contributed by atoms with van der Waals surface area (Å²) in [5.74, 6) is -1.06. The summed E-state index contributed by atoms with van der Waals surface area (Å²) in [6.07, 6.45) is 1.11. The number of aliphatic carboxylic acids is 1. The van der Waals surface area contributed by atoms with Crippen LogP contribution in [0.1, 0.15) is 19.8 Å². The van der Waals surface area contributed by atoms with Crippen LogP contribution in [0.25, 0.3) is 10.4 Å². The van der Waals surface area contributed by atoms with Crippen molar-refractivity contribution in [1.29, 1.82) is 0 Å². The Kier molecular flexibility index (Phi) is 8.30. The monoisotopic (exact) mass is 179 g/mol. The van der Waals surface area contributed by atoms with E-state index in [2.05, 4.69) is 10.0 Å². The number of halogens is 1. The first kappa shape index (κ1) is 12.7. The van der Waals surface area contributed by atoms with Crippen molar-refractivity contribution in [2.75, 3.05) is 0 Å². The minimum absolute atomic E-state index is 0. The molecule has 0 saturated carbocycles. The molecule has 5 nitrogen and oxygen atoms in total. The lowest BCUT2D eigenvalue weighted by molar-refractivity contribution is -0.138. The van der Waals surface area contributed by atoms with Gasteiger partial charge in [-0.2, -0.15) is 0 Å². The highest BCUT2D eigenvalue weighted by Crippen LogP contribution is 2.01. The lowest BCUT2D eigenvalue weighted by Gasteiger charge is -2.00. The van der Waals surface area contributed by atoms with Gasteiger partial charge in [0.2, 0.25) is 0 Å². The molecule has 0 fully saturated rings. The largest absolute Gasteiger partial charge is 0.481 e. The summed E-state index contributed by atoms with van der Waals surface area (Å²) in [4.78, 5) is 12.6. The molecule has 64 valence electrons. The predicted octanol–water partition coefficient (Wildman–Crippen LogP) is 1.97. The van der Waals surface area contributed by atoms with Crippen LogP contribution >= 0.6 is 12.4 Å². The second-order valence-electron chi connectivity index (χ2n) is 1.85. The Bertz CT molecular complexity index is 165. The quantitative estimate of drug-likeness (QED) is 0.406. The zero-order valence-corrected chi connectivity index (χ0v) is 6.91. The van der Waals surface area contributed by atoms with Crippen LogP contribution in [0, 0.1) is 0 Å². The van der Waals surface area contributed by atoms with Crippen molar-refractivity contribution in [1.82, 2.24) is 0 Å². The van der Waals surface area contributed by atoms with Gasteiger partial charge in [-0.25, -0.2) is 0 Å². The van der Waals surface area contributed by atoms with Crippen molar-refractivity contribution in [3.63, 3.8) is 0 Å². The van der Waals surface area contributed by atoms with Gasteiger partial charge in [0.25, 0.3) is 0 Å². The van der Waals surface area contributed by atoms with E-state index in [0.717, 1.165) is 0 Å². The summed E-state index contributed by atoms with van der Waals surface area (Å²) in [6, 6.07) is -0.894. The molecule has 0 saturated heterocycles. The van der Waals surface area contributed by atoms with E-state index in [-0.39, 0.29) is 12.4 Å². The number of rotatable bonds is 4. The van der Waals surface area contributed by atoms with E-state index in [1.807, 2.05) is 6.92 Å². The third kappa shape index (κ3) is 5.51. The van der Waals surface area contributed by atoms with Crippen LogP contribution in [0.15, 0.2) is 5.11 Å². The minimum Gasteiger partial charge on any atom is -0.481 e. The van der Waals surface area contributed by atoms with Gasteiger partial charge in [-0.3, -0.25) is 4.79 Å². The van der Waals surface area contributed by atoms with Gasteiger partial charge in [0.05, 0.1) is 0 Å². The first-order chi connectivity index (χ1) is 4.72. The van der Waals surface area contributed by atoms with Crippen molar-refractivity contribution in [3.05, 3.63) is 10.4 Å². The molecule has 0 amide bonds. The molecule has 11 heavy (non-hydrogen) atoms. The molecule has 0 spiro atoms. The SMILES string of the molecule is CCCC(N=[N+]=[N-])C(=O)O.Cl. The van der Waals surface area contributed by atoms with Crippen LogP contribution in [0.5, 0.6) is 0 Å². The highest BCUT2D eigenvalue weighted by atomic mass is 35.5. The van der Waals surface area contributed by atoms with E-state index >= 15 is 0 Å². The fourth-order valence-corrected chi connectivity index (χ4v) is 0.566. The minimum atomic E-state index is -1.06. The number of carboxylic acid groups (broad SMARTS) is 1. The summed E-state index contributed by atoms with van der Waals surface area (Å²) < 4.78 is 0. The summed E-state index contributed by atoms with van der Waals surface area (Å²) in [5, 5.41) is 11.5. The van der Waals surface area contributed by atoms with Crippen LogP contribution in [-0.4, -0.2) is 17.1 Å². The Morgan fingerprint density at radius 2 is 2.36 bits per heavy atom. The van der Waals surface area contributed by atoms with Crippen LogP contribution < -0.4 is 0 Å². The molecule has 0 aliphatic heterocycles. The van der Waals surface area contributed by atoms with Crippen molar-refractivity contribution in [3.8, 4) is 0 Å². The number of carbonyl (C=O) groups is 1. The average molecular weight is 180 g/mol. The van der Waals surface area contributed by atoms with Gasteiger partial charge in [-0.05, 0) is 12.0 Å². The molecule has 1 atom stereocenters. The Labute approximate surface area is 70.4 Å². The van der Waals surface area contributed by atoms with Gasteiger partial charge >= 0.3 is 5.97 Å². The maximum absolute atomic E-state index is 10.2. The van der Waals surface area contributed by atoms with Gasteiger partial charge in [0, 0.05) is 4.91 Å². The van der Waals surface area contributed by atoms with Gasteiger partial charge < -0.3 is 5.11 Å². The average Bonchev–Trinajstić information content (AvgIpc) is 1.87. The topological polar surface area (TPSA) is 86.1 Å². The highest BCUT2D eigenvalue weighted by molar-refractivity contribution is 5.85. The van der Waals surface area contributed by atoms with E-state index in [1.54, 1.807) is 0 Å². The normalized spacial score (nSPS) is 10.6. The van der Waals surface area contributed by atoms with Crippen molar-refractivity contribution in [2.24, 2.45) is 5.11 Å². The predicted molar refractivity (Wildman–Crippen MR) is 42.7 cm³/mol. The summed E-state index contributed by atoms with van der Waals surface area (Å²) in [5.41, 5.74) is 7.91. The lowest BCUT2D eigenvalue weighted by Crippen LogP contribution is -2.16. The molecule has 1 unspecified atom stereocenters. The number of hydrogen-bond acceptors (Lipinski definition) is 2. The Morgan fingerprint density at radius 1 is 1.82 bits per heavy atom. The van der Waals surface area contributed by atoms with Gasteiger partial charge in [0.1, 0.15) is 6.04 Å². The second-order valence-corrected chi connectivity index (χ2v) is 1.85. The first-order valence-electron chi connectivity index (χ1n) is 2.99. The first-order valence-corrected chi connectivity index (χ1v) is 2.99. The molecule has 0 rings (SSSR count). The molecule has 0 aromatic carbocycles. The van der Waals surface area contributed by atoms with E-state index in [0.29, 0.717) is 12.8 Å². The van der Waals surface area contributed by atoms with Crippen LogP contribution in [0.4, 0.5) is 0 Å². The van der Waals surface area contributed by atoms with Crippen molar-refractivity contribution >= 4 is 18.4 Å². The van der Waals surface area contributed by atoms with Crippen LogP contribution in [0.2, 0.25) is 0 Å². The molecule has 0 radical (unpaired) electrons. The smallest absolute Gasteiger partial charge is 0.312 e. The number of hydrogen-bond donors (Lipinski definition) is 1. The van der Waals surface area contributed by atoms with Crippen molar-refractivity contribution < 1.29 is 9.90 Å². The maximum atomic E-state index is 10.2. The third-order valence-corrected chi connectivity index (χ3v) is 1.04. The molecule has 0 aromatic rings. The summed E-state index contributed by atoms with van der Waals surface area (Å²) in [6.45, 7) is 1.84. The number of carboxylic acids is 1. The molecule has 0 bridgehead atoms. The van der Waals surface area contributed by atoms with E-state index < -0.39 is 12.0 Å². The highest BCUT2D eigenvalue weighted by Gasteiger charge is 2.12. The Morgan fingerprint density at radius 3 is 2.64 bits per heavy atom. The molecule has 6 heteroatoms. The fourth-order valence-electron chi connectivity index (χ4n) is 0.566. The zero-order valence-electron chi connectivity index (χ0n) is 6.10. The van der Waals surface area contributed by atoms with E-state index in [1.165, 1.54) is 0 Å². The van der Waals surface area contributed by atoms with E-state index in [9.17, 15) is 4.79 Å². The fraction of sp³-hybridized carbons (Fsp3) is 0.800. The molecular weight excluding hydrogens is 170 g/mol. The number of nitrogens with zero attached hydrogens (tertiary/aromatic N) is 3. The maximum Gasteiger partial charge on any atom is 0.312 e. The third-order valence-electron chi connectivity index (χ3n) is 1.04. The Hall–Kier alpha value is -0.930. The standard InChI is InChI=1S/C5H9N3O2.ClH/c1-2-3-4(5(9)10)7-8-6;/h4H,2-3H2,1H3,(H,9,10);1H. The molecule has 0 aliphatic rings. The van der Waals surface area contributed by atoms with Gasteiger partial charge in [-0.1, -0.05) is 18.5 Å². The molecule has 0 heterocycles. The Balaban J connectivity index is 0. The molecule has 0 aliphatic carbocycles. The van der Waals surface area contributed by atoms with Gasteiger partial charge in [-0.15, -0.1) is 12.4 Å². The molecule has 1 N–H and O–H groups in total. The number of azide groups is 1.